The number of nitrogens with zero attached hydrogens (tertiary/aromatic N) is 1. The Morgan fingerprint density at radius 2 is 1.64 bits per heavy atom. The molecule has 0 amide bonds. The highest BCUT2D eigenvalue weighted by Gasteiger charge is 2.04. The number of phosphoric ester groups is 1. The molecule has 0 aromatic carbocycles. The summed E-state index contributed by atoms with van der Waals surface area (Å²) in [5.41, 5.74) is 0. The third kappa shape index (κ3) is 9.60. The number of rotatable bonds is 4. The second kappa shape index (κ2) is 7.70. The lowest BCUT2D eigenvalue weighted by Gasteiger charge is -2.20. The van der Waals surface area contributed by atoms with E-state index in [2.05, 4.69) is 9.05 Å². The SMILES string of the molecule is CCOP(=O)([O-])OCC.[C-]#N. The maximum Gasteiger partial charge on any atom is 0.267 e. The minimum Gasteiger partial charge on any atom is -0.756 e. The molecular formula is C5H10NO4P-2. The van der Waals surface area contributed by atoms with Crippen LogP contribution in [0.3, 0.4) is 0 Å². The highest BCUT2D eigenvalue weighted by Crippen LogP contribution is 2.37. The van der Waals surface area contributed by atoms with E-state index < -0.39 is 7.82 Å². The lowest BCUT2D eigenvalue weighted by atomic mass is 10.9. The van der Waals surface area contributed by atoms with Gasteiger partial charge in [0.15, 0.2) is 0 Å². The Balaban J connectivity index is 0. The van der Waals surface area contributed by atoms with Crippen LogP contribution in [0.2, 0.25) is 0 Å². The molecule has 5 nitrogen and oxygen atoms in total. The van der Waals surface area contributed by atoms with Gasteiger partial charge in [0, 0.05) is 0 Å². The van der Waals surface area contributed by atoms with Crippen molar-refractivity contribution >= 4 is 7.82 Å². The molecule has 0 atom stereocenters. The zero-order chi connectivity index (χ0) is 9.33. The number of hydrogen-bond acceptors (Lipinski definition) is 5. The molecule has 0 fully saturated rings. The topological polar surface area (TPSA) is 82.4 Å². The number of phosphoric acid groups is 1. The molecule has 0 saturated carbocycles. The quantitative estimate of drug-likeness (QED) is 0.466. The molecule has 0 saturated heterocycles. The van der Waals surface area contributed by atoms with Gasteiger partial charge in [0.2, 0.25) is 0 Å². The molecule has 0 spiro atoms. The lowest BCUT2D eigenvalue weighted by molar-refractivity contribution is -0.224. The summed E-state index contributed by atoms with van der Waals surface area (Å²) in [5, 5.41) is 6.25. The van der Waals surface area contributed by atoms with E-state index in [4.69, 9.17) is 11.8 Å². The molecule has 0 bridgehead atoms. The second-order valence-corrected chi connectivity index (χ2v) is 2.69. The van der Waals surface area contributed by atoms with Crippen molar-refractivity contribution in [3.05, 3.63) is 6.57 Å². The van der Waals surface area contributed by atoms with Gasteiger partial charge in [-0.25, -0.2) is 0 Å². The first-order valence-electron chi connectivity index (χ1n) is 2.95. The zero-order valence-corrected chi connectivity index (χ0v) is 7.34. The van der Waals surface area contributed by atoms with Crippen LogP contribution in [-0.2, 0) is 13.6 Å². The van der Waals surface area contributed by atoms with Crippen LogP contribution in [0.4, 0.5) is 0 Å². The van der Waals surface area contributed by atoms with Gasteiger partial charge in [0.25, 0.3) is 7.82 Å². The highest BCUT2D eigenvalue weighted by molar-refractivity contribution is 7.45. The van der Waals surface area contributed by atoms with Gasteiger partial charge in [-0.2, -0.15) is 0 Å². The largest absolute Gasteiger partial charge is 0.756 e. The Hall–Kier alpha value is -0.400. The summed E-state index contributed by atoms with van der Waals surface area (Å²) >= 11 is 0. The normalized spacial score (nSPS) is 9.91. The van der Waals surface area contributed by atoms with Gasteiger partial charge in [-0.1, -0.05) is 0 Å². The summed E-state index contributed by atoms with van der Waals surface area (Å²) in [7, 11) is -3.94. The Bertz CT molecular complexity index is 137. The molecule has 0 unspecified atom stereocenters. The summed E-state index contributed by atoms with van der Waals surface area (Å²) < 4.78 is 18.9. The van der Waals surface area contributed by atoms with Crippen molar-refractivity contribution in [3.63, 3.8) is 0 Å². The molecule has 11 heavy (non-hydrogen) atoms. The van der Waals surface area contributed by atoms with Gasteiger partial charge >= 0.3 is 0 Å². The van der Waals surface area contributed by atoms with E-state index in [0.717, 1.165) is 0 Å². The summed E-state index contributed by atoms with van der Waals surface area (Å²) in [6, 6.07) is 0. The fourth-order valence-electron chi connectivity index (χ4n) is 0.353. The summed E-state index contributed by atoms with van der Waals surface area (Å²) in [4.78, 5) is 10.4. The first-order valence-corrected chi connectivity index (χ1v) is 4.41. The predicted molar refractivity (Wildman–Crippen MR) is 35.8 cm³/mol. The fourth-order valence-corrected chi connectivity index (χ4v) is 1.06. The molecule has 0 aliphatic heterocycles. The van der Waals surface area contributed by atoms with Crippen molar-refractivity contribution in [2.45, 2.75) is 13.8 Å². The van der Waals surface area contributed by atoms with E-state index in [1.165, 1.54) is 0 Å². The second-order valence-electron chi connectivity index (χ2n) is 1.28. The Kier molecular flexibility index (Phi) is 9.25. The van der Waals surface area contributed by atoms with Crippen LogP contribution in [0.1, 0.15) is 13.8 Å². The first-order chi connectivity index (χ1) is 5.12. The van der Waals surface area contributed by atoms with E-state index in [0.29, 0.717) is 0 Å². The van der Waals surface area contributed by atoms with Crippen molar-refractivity contribution in [2.75, 3.05) is 13.2 Å². The van der Waals surface area contributed by atoms with Crippen molar-refractivity contribution in [1.82, 2.24) is 0 Å². The van der Waals surface area contributed by atoms with Gasteiger partial charge in [0.1, 0.15) is 0 Å². The molecule has 0 aromatic rings. The third-order valence-corrected chi connectivity index (χ3v) is 1.72. The van der Waals surface area contributed by atoms with Gasteiger partial charge in [-0.3, -0.25) is 4.57 Å². The molecule has 0 N–H and O–H groups in total. The van der Waals surface area contributed by atoms with Crippen molar-refractivity contribution in [1.29, 1.82) is 5.26 Å². The van der Waals surface area contributed by atoms with Crippen LogP contribution in [0.25, 0.3) is 0 Å². The first kappa shape index (κ1) is 13.2. The van der Waals surface area contributed by atoms with Gasteiger partial charge in [0.05, 0.1) is 13.2 Å². The smallest absolute Gasteiger partial charge is 0.267 e. The maximum atomic E-state index is 10.4. The van der Waals surface area contributed by atoms with E-state index in [-0.39, 0.29) is 13.2 Å². The molecule has 0 aliphatic rings. The Morgan fingerprint density at radius 3 is 1.82 bits per heavy atom. The molecule has 0 aliphatic carbocycles. The molecular weight excluding hydrogens is 169 g/mol. The van der Waals surface area contributed by atoms with E-state index in [9.17, 15) is 9.46 Å². The van der Waals surface area contributed by atoms with Crippen molar-refractivity contribution in [2.24, 2.45) is 0 Å². The molecule has 0 heterocycles. The summed E-state index contributed by atoms with van der Waals surface area (Å²) in [6.07, 6.45) is 0. The molecule has 0 radical (unpaired) electrons. The average Bonchev–Trinajstić information content (AvgIpc) is 1.91. The van der Waals surface area contributed by atoms with Crippen LogP contribution in [0.5, 0.6) is 0 Å². The van der Waals surface area contributed by atoms with Crippen LogP contribution >= 0.6 is 7.82 Å². The minimum absolute atomic E-state index is 0.126. The average molecular weight is 179 g/mol. The summed E-state index contributed by atoms with van der Waals surface area (Å²) in [5.74, 6) is 0. The van der Waals surface area contributed by atoms with E-state index in [1.807, 2.05) is 0 Å². The molecule has 0 rings (SSSR count). The van der Waals surface area contributed by atoms with Crippen molar-refractivity contribution < 1.29 is 18.5 Å². The monoisotopic (exact) mass is 179 g/mol. The van der Waals surface area contributed by atoms with Gasteiger partial charge < -0.3 is 25.8 Å². The number of hydrogen-bond donors (Lipinski definition) is 0. The Labute approximate surface area is 66.2 Å². The maximum absolute atomic E-state index is 10.4. The van der Waals surface area contributed by atoms with Crippen LogP contribution < -0.4 is 4.89 Å². The molecule has 0 aromatic heterocycles. The predicted octanol–water partition coefficient (Wildman–Crippen LogP) is 0.624. The standard InChI is InChI=1S/C4H11O4P.CN/c1-3-7-9(5,6)8-4-2;1-2/h3-4H2,1-2H3,(H,5,6);/q;-1/p-1. The van der Waals surface area contributed by atoms with E-state index >= 15 is 0 Å². The molecule has 66 valence electrons. The van der Waals surface area contributed by atoms with Crippen molar-refractivity contribution in [3.8, 4) is 0 Å². The van der Waals surface area contributed by atoms with Gasteiger partial charge in [-0.05, 0) is 13.8 Å². The zero-order valence-electron chi connectivity index (χ0n) is 6.44. The fraction of sp³-hybridized carbons (Fsp3) is 0.800. The van der Waals surface area contributed by atoms with Crippen LogP contribution in [0.15, 0.2) is 0 Å². The highest BCUT2D eigenvalue weighted by atomic mass is 31.2. The van der Waals surface area contributed by atoms with Gasteiger partial charge in [-0.15, -0.1) is 0 Å². The van der Waals surface area contributed by atoms with Crippen LogP contribution in [0, 0.1) is 11.8 Å². The summed E-state index contributed by atoms with van der Waals surface area (Å²) in [6.45, 7) is 8.18. The van der Waals surface area contributed by atoms with E-state index in [1.54, 1.807) is 13.8 Å². The minimum atomic E-state index is -3.94. The lowest BCUT2D eigenvalue weighted by Crippen LogP contribution is -2.07. The third-order valence-electron chi connectivity index (χ3n) is 0.574. The van der Waals surface area contributed by atoms with Crippen LogP contribution in [-0.4, -0.2) is 13.2 Å². The Morgan fingerprint density at radius 1 is 1.36 bits per heavy atom. The molecule has 6 heteroatoms.